The summed E-state index contributed by atoms with van der Waals surface area (Å²) < 4.78 is 41.6. The van der Waals surface area contributed by atoms with Crippen molar-refractivity contribution < 1.29 is 22.3 Å². The number of benzene rings is 1. The molecule has 0 radical (unpaired) electrons. The molecule has 0 aliphatic heterocycles. The molecule has 0 unspecified atom stereocenters. The largest absolute Gasteiger partial charge is 0.380 e. The first-order chi connectivity index (χ1) is 9.68. The summed E-state index contributed by atoms with van der Waals surface area (Å²) >= 11 is 5.63. The molecule has 0 bridgehead atoms. The summed E-state index contributed by atoms with van der Waals surface area (Å²) in [4.78, 5) is 12.8. The van der Waals surface area contributed by atoms with Crippen LogP contribution in [0.5, 0.6) is 0 Å². The summed E-state index contributed by atoms with van der Waals surface area (Å²) in [7, 11) is -2.70. The topological polar surface area (TPSA) is 89.7 Å². The summed E-state index contributed by atoms with van der Waals surface area (Å²) in [6.45, 7) is 2.82. The number of carbonyl (C=O) groups is 1. The SMILES string of the molecule is CCOCCN(C)C(=O)c1cc(S(N)(=O)=O)c(Cl)cc1F. The third-order valence-corrected chi connectivity index (χ3v) is 4.06. The number of hydrogen-bond acceptors (Lipinski definition) is 4. The molecule has 1 amide bonds. The summed E-state index contributed by atoms with van der Waals surface area (Å²) in [5.74, 6) is -1.60. The van der Waals surface area contributed by atoms with Gasteiger partial charge in [0.15, 0.2) is 0 Å². The molecule has 1 rings (SSSR count). The van der Waals surface area contributed by atoms with Crippen molar-refractivity contribution in [2.24, 2.45) is 5.14 Å². The van der Waals surface area contributed by atoms with Crippen LogP contribution < -0.4 is 5.14 Å². The van der Waals surface area contributed by atoms with E-state index in [0.717, 1.165) is 12.1 Å². The van der Waals surface area contributed by atoms with E-state index >= 15 is 0 Å². The number of hydrogen-bond donors (Lipinski definition) is 1. The molecule has 0 fully saturated rings. The van der Waals surface area contributed by atoms with Gasteiger partial charge in [0.2, 0.25) is 10.0 Å². The van der Waals surface area contributed by atoms with Crippen molar-refractivity contribution in [1.82, 2.24) is 4.90 Å². The second kappa shape index (κ2) is 7.17. The van der Waals surface area contributed by atoms with Crippen molar-refractivity contribution in [2.75, 3.05) is 26.8 Å². The maximum Gasteiger partial charge on any atom is 0.256 e. The first kappa shape index (κ1) is 17.8. The maximum absolute atomic E-state index is 13.8. The summed E-state index contributed by atoms with van der Waals surface area (Å²) in [5.41, 5.74) is -0.414. The highest BCUT2D eigenvalue weighted by molar-refractivity contribution is 7.89. The van der Waals surface area contributed by atoms with Crippen LogP contribution >= 0.6 is 11.6 Å². The minimum atomic E-state index is -4.15. The average Bonchev–Trinajstić information content (AvgIpc) is 2.36. The Morgan fingerprint density at radius 3 is 2.62 bits per heavy atom. The zero-order valence-electron chi connectivity index (χ0n) is 11.6. The molecule has 9 heteroatoms. The number of amides is 1. The fraction of sp³-hybridized carbons (Fsp3) is 0.417. The van der Waals surface area contributed by atoms with Crippen LogP contribution in [0.4, 0.5) is 4.39 Å². The molecule has 0 saturated heterocycles. The first-order valence-corrected chi connectivity index (χ1v) is 7.96. The van der Waals surface area contributed by atoms with E-state index < -0.39 is 32.2 Å². The van der Waals surface area contributed by atoms with Crippen LogP contribution in [0.1, 0.15) is 17.3 Å². The van der Waals surface area contributed by atoms with E-state index in [1.165, 1.54) is 11.9 Å². The quantitative estimate of drug-likeness (QED) is 0.790. The molecule has 0 spiro atoms. The first-order valence-electron chi connectivity index (χ1n) is 6.03. The molecule has 6 nitrogen and oxygen atoms in total. The molecule has 1 aromatic rings. The molecule has 0 aromatic heterocycles. The van der Waals surface area contributed by atoms with Crippen LogP contribution in [-0.4, -0.2) is 46.0 Å². The molecule has 0 aliphatic carbocycles. The molecule has 118 valence electrons. The summed E-state index contributed by atoms with van der Waals surface area (Å²) in [5, 5.41) is 4.60. The van der Waals surface area contributed by atoms with Gasteiger partial charge in [-0.2, -0.15) is 0 Å². The summed E-state index contributed by atoms with van der Waals surface area (Å²) in [6.07, 6.45) is 0. The number of ether oxygens (including phenoxy) is 1. The van der Waals surface area contributed by atoms with Gasteiger partial charge in [0, 0.05) is 20.2 Å². The third kappa shape index (κ3) is 4.63. The van der Waals surface area contributed by atoms with Gasteiger partial charge in [-0.1, -0.05) is 11.6 Å². The van der Waals surface area contributed by atoms with Crippen molar-refractivity contribution in [3.05, 3.63) is 28.5 Å². The van der Waals surface area contributed by atoms with Gasteiger partial charge < -0.3 is 9.64 Å². The molecule has 0 saturated carbocycles. The molecule has 21 heavy (non-hydrogen) atoms. The second-order valence-electron chi connectivity index (χ2n) is 4.23. The van der Waals surface area contributed by atoms with Crippen molar-refractivity contribution in [3.8, 4) is 0 Å². The third-order valence-electron chi connectivity index (χ3n) is 2.68. The lowest BCUT2D eigenvalue weighted by molar-refractivity contribution is 0.0705. The predicted molar refractivity (Wildman–Crippen MR) is 76.2 cm³/mol. The van der Waals surface area contributed by atoms with Crippen LogP contribution in [0, 0.1) is 5.82 Å². The van der Waals surface area contributed by atoms with E-state index in [2.05, 4.69) is 0 Å². The van der Waals surface area contributed by atoms with Gasteiger partial charge in [-0.05, 0) is 19.1 Å². The van der Waals surface area contributed by atoms with Gasteiger partial charge in [-0.15, -0.1) is 0 Å². The normalized spacial score (nSPS) is 11.5. The Bertz CT molecular complexity index is 636. The molecule has 1 aromatic carbocycles. The lowest BCUT2D eigenvalue weighted by atomic mass is 10.2. The Morgan fingerprint density at radius 1 is 1.48 bits per heavy atom. The van der Waals surface area contributed by atoms with Crippen LogP contribution in [0.15, 0.2) is 17.0 Å². The zero-order chi connectivity index (χ0) is 16.2. The van der Waals surface area contributed by atoms with Crippen LogP contribution in [0.25, 0.3) is 0 Å². The zero-order valence-corrected chi connectivity index (χ0v) is 13.2. The lowest BCUT2D eigenvalue weighted by Gasteiger charge is -2.18. The minimum Gasteiger partial charge on any atom is -0.380 e. The van der Waals surface area contributed by atoms with Gasteiger partial charge >= 0.3 is 0 Å². The van der Waals surface area contributed by atoms with E-state index in [9.17, 15) is 17.6 Å². The molecular formula is C12H16ClFN2O4S. The van der Waals surface area contributed by atoms with Crippen LogP contribution in [0.2, 0.25) is 5.02 Å². The highest BCUT2D eigenvalue weighted by atomic mass is 35.5. The molecule has 2 N–H and O–H groups in total. The minimum absolute atomic E-state index is 0.236. The van der Waals surface area contributed by atoms with Crippen LogP contribution in [0.3, 0.4) is 0 Å². The highest BCUT2D eigenvalue weighted by Gasteiger charge is 2.22. The number of likely N-dealkylation sites (N-methyl/N-ethyl adjacent to an activating group) is 1. The fourth-order valence-electron chi connectivity index (χ4n) is 1.56. The lowest BCUT2D eigenvalue weighted by Crippen LogP contribution is -2.31. The molecular weight excluding hydrogens is 323 g/mol. The highest BCUT2D eigenvalue weighted by Crippen LogP contribution is 2.24. The fourth-order valence-corrected chi connectivity index (χ4v) is 2.65. The Morgan fingerprint density at radius 2 is 2.10 bits per heavy atom. The number of halogens is 2. The number of rotatable bonds is 6. The molecule has 0 heterocycles. The van der Waals surface area contributed by atoms with E-state index in [-0.39, 0.29) is 18.2 Å². The van der Waals surface area contributed by atoms with Crippen LogP contribution in [-0.2, 0) is 14.8 Å². The smallest absolute Gasteiger partial charge is 0.256 e. The Hall–Kier alpha value is -1.22. The monoisotopic (exact) mass is 338 g/mol. The summed E-state index contributed by atoms with van der Waals surface area (Å²) in [6, 6.07) is 1.59. The Labute approximate surface area is 127 Å². The number of nitrogens with two attached hydrogens (primary N) is 1. The van der Waals surface area contributed by atoms with Crippen molar-refractivity contribution in [1.29, 1.82) is 0 Å². The average molecular weight is 339 g/mol. The van der Waals surface area contributed by atoms with E-state index in [4.69, 9.17) is 21.5 Å². The van der Waals surface area contributed by atoms with Crippen molar-refractivity contribution in [2.45, 2.75) is 11.8 Å². The van der Waals surface area contributed by atoms with E-state index in [1.807, 2.05) is 0 Å². The second-order valence-corrected chi connectivity index (χ2v) is 6.17. The number of nitrogens with zero attached hydrogens (tertiary/aromatic N) is 1. The van der Waals surface area contributed by atoms with Gasteiger partial charge in [-0.3, -0.25) is 4.79 Å². The van der Waals surface area contributed by atoms with E-state index in [1.54, 1.807) is 6.92 Å². The van der Waals surface area contributed by atoms with Gasteiger partial charge in [0.05, 0.1) is 17.2 Å². The molecule has 0 atom stereocenters. The number of carbonyl (C=O) groups excluding carboxylic acids is 1. The van der Waals surface area contributed by atoms with Gasteiger partial charge in [-0.25, -0.2) is 17.9 Å². The van der Waals surface area contributed by atoms with E-state index in [0.29, 0.717) is 6.61 Å². The number of sulfonamides is 1. The maximum atomic E-state index is 13.8. The van der Waals surface area contributed by atoms with Crippen molar-refractivity contribution in [3.63, 3.8) is 0 Å². The predicted octanol–water partition coefficient (Wildman–Crippen LogP) is 1.24. The van der Waals surface area contributed by atoms with Gasteiger partial charge in [0.25, 0.3) is 5.91 Å². The van der Waals surface area contributed by atoms with Gasteiger partial charge in [0.1, 0.15) is 10.7 Å². The van der Waals surface area contributed by atoms with Crippen molar-refractivity contribution >= 4 is 27.5 Å². The standard InChI is InChI=1S/C12H16ClFN2O4S/c1-3-20-5-4-16(2)12(17)8-6-11(21(15,18)19)9(13)7-10(8)14/h6-7H,3-5H2,1-2H3,(H2,15,18,19). The number of primary sulfonamides is 1. The molecule has 0 aliphatic rings. The Balaban J connectivity index is 3.10. The Kier molecular flexibility index (Phi) is 6.09.